The lowest BCUT2D eigenvalue weighted by Crippen LogP contribution is -2.06. The summed E-state index contributed by atoms with van der Waals surface area (Å²) in [5.74, 6) is 2.10. The first-order chi connectivity index (χ1) is 16.1. The van der Waals surface area contributed by atoms with Crippen molar-refractivity contribution in [2.45, 2.75) is 19.8 Å². The predicted octanol–water partition coefficient (Wildman–Crippen LogP) is 5.46. The van der Waals surface area contributed by atoms with Crippen LogP contribution < -0.4 is 19.6 Å². The number of nitro groups is 1. The number of benzene rings is 3. The molecule has 0 aromatic heterocycles. The molecule has 0 aliphatic rings. The van der Waals surface area contributed by atoms with Gasteiger partial charge in [0.05, 0.1) is 37.1 Å². The van der Waals surface area contributed by atoms with Gasteiger partial charge in [0.15, 0.2) is 11.5 Å². The average Bonchev–Trinajstić information content (AvgIpc) is 2.85. The summed E-state index contributed by atoms with van der Waals surface area (Å²) in [6, 6.07) is 19.7. The van der Waals surface area contributed by atoms with Crippen molar-refractivity contribution >= 4 is 17.6 Å². The van der Waals surface area contributed by atoms with Gasteiger partial charge in [0.25, 0.3) is 5.69 Å². The molecule has 0 aliphatic carbocycles. The van der Waals surface area contributed by atoms with Crippen LogP contribution >= 0.6 is 0 Å². The summed E-state index contributed by atoms with van der Waals surface area (Å²) >= 11 is 0. The van der Waals surface area contributed by atoms with Crippen LogP contribution in [0.1, 0.15) is 24.5 Å². The van der Waals surface area contributed by atoms with E-state index in [1.54, 1.807) is 25.5 Å². The van der Waals surface area contributed by atoms with Gasteiger partial charge in [0, 0.05) is 18.6 Å². The molecule has 172 valence electrons. The molecule has 0 bridgehead atoms. The number of nitro benzene ring substituents is 1. The second-order valence-corrected chi connectivity index (χ2v) is 7.13. The fraction of sp³-hybridized carbons (Fsp3) is 0.240. The number of nitrogens with one attached hydrogen (secondary N) is 1. The molecule has 0 amide bonds. The van der Waals surface area contributed by atoms with E-state index in [1.807, 2.05) is 30.3 Å². The van der Waals surface area contributed by atoms with Gasteiger partial charge in [-0.15, -0.1) is 0 Å². The van der Waals surface area contributed by atoms with E-state index in [9.17, 15) is 10.1 Å². The lowest BCUT2D eigenvalue weighted by Gasteiger charge is -2.12. The van der Waals surface area contributed by atoms with E-state index in [0.717, 1.165) is 24.2 Å². The number of nitrogens with zero attached hydrogens (tertiary/aromatic N) is 2. The van der Waals surface area contributed by atoms with Crippen molar-refractivity contribution in [3.8, 4) is 17.2 Å². The zero-order chi connectivity index (χ0) is 23.5. The number of aryl methyl sites for hydroxylation is 1. The van der Waals surface area contributed by atoms with Crippen molar-refractivity contribution in [3.05, 3.63) is 88.0 Å². The Morgan fingerprint density at radius 1 is 0.970 bits per heavy atom. The average molecular weight is 450 g/mol. The lowest BCUT2D eigenvalue weighted by molar-refractivity contribution is -0.384. The van der Waals surface area contributed by atoms with Gasteiger partial charge < -0.3 is 14.2 Å². The van der Waals surface area contributed by atoms with E-state index in [4.69, 9.17) is 14.2 Å². The maximum absolute atomic E-state index is 10.7. The molecule has 0 spiro atoms. The first-order valence-electron chi connectivity index (χ1n) is 10.6. The van der Waals surface area contributed by atoms with E-state index in [2.05, 4.69) is 29.6 Å². The van der Waals surface area contributed by atoms with Crippen LogP contribution in [0.2, 0.25) is 0 Å². The standard InChI is InChI=1S/C25H27N3O5/c1-3-19-5-12-23(13-6-19)32-15-4-16-33-24-14-7-20(17-25(24)31-2)18-26-27-21-8-10-22(11-9-21)28(29)30/h5-14,17-18,27H,3-4,15-16H2,1-2H3/b26-18-. The van der Waals surface area contributed by atoms with Gasteiger partial charge in [-0.2, -0.15) is 5.10 Å². The Hall–Kier alpha value is -4.07. The summed E-state index contributed by atoms with van der Waals surface area (Å²) in [5, 5.41) is 14.9. The number of non-ortho nitro benzene ring substituents is 1. The minimum Gasteiger partial charge on any atom is -0.493 e. The Labute approximate surface area is 193 Å². The van der Waals surface area contributed by atoms with Crippen molar-refractivity contribution in [1.82, 2.24) is 0 Å². The van der Waals surface area contributed by atoms with E-state index < -0.39 is 4.92 Å². The molecule has 3 aromatic rings. The molecule has 0 fully saturated rings. The molecule has 0 saturated carbocycles. The fourth-order valence-corrected chi connectivity index (χ4v) is 2.98. The Kier molecular flexibility index (Phi) is 8.64. The van der Waals surface area contributed by atoms with Crippen LogP contribution in [-0.4, -0.2) is 31.5 Å². The van der Waals surface area contributed by atoms with Gasteiger partial charge in [0.1, 0.15) is 5.75 Å². The van der Waals surface area contributed by atoms with Crippen molar-refractivity contribution in [3.63, 3.8) is 0 Å². The third-order valence-electron chi connectivity index (χ3n) is 4.82. The SMILES string of the molecule is CCc1ccc(OCCCOc2ccc(/C=N\Nc3ccc([N+](=O)[O-])cc3)cc2OC)cc1. The molecule has 8 nitrogen and oxygen atoms in total. The summed E-state index contributed by atoms with van der Waals surface area (Å²) in [6.45, 7) is 3.19. The van der Waals surface area contributed by atoms with Gasteiger partial charge in [-0.25, -0.2) is 0 Å². The summed E-state index contributed by atoms with van der Waals surface area (Å²) in [4.78, 5) is 10.3. The van der Waals surface area contributed by atoms with Crippen LogP contribution in [0.4, 0.5) is 11.4 Å². The molecular weight excluding hydrogens is 422 g/mol. The van der Waals surface area contributed by atoms with Gasteiger partial charge >= 0.3 is 0 Å². The highest BCUT2D eigenvalue weighted by Gasteiger charge is 2.06. The minimum atomic E-state index is -0.443. The maximum atomic E-state index is 10.7. The molecule has 3 rings (SSSR count). The number of rotatable bonds is 12. The van der Waals surface area contributed by atoms with Gasteiger partial charge in [0.2, 0.25) is 0 Å². The Bertz CT molecular complexity index is 1070. The number of methoxy groups -OCH3 is 1. The van der Waals surface area contributed by atoms with E-state index in [-0.39, 0.29) is 5.69 Å². The Morgan fingerprint density at radius 2 is 1.70 bits per heavy atom. The number of hydrogen-bond donors (Lipinski definition) is 1. The molecule has 8 heteroatoms. The van der Waals surface area contributed by atoms with E-state index in [1.165, 1.54) is 17.7 Å². The van der Waals surface area contributed by atoms with Crippen LogP contribution in [0.3, 0.4) is 0 Å². The molecular formula is C25H27N3O5. The third kappa shape index (κ3) is 7.24. The molecule has 0 atom stereocenters. The second-order valence-electron chi connectivity index (χ2n) is 7.13. The minimum absolute atomic E-state index is 0.0297. The largest absolute Gasteiger partial charge is 0.493 e. The molecule has 33 heavy (non-hydrogen) atoms. The Balaban J connectivity index is 1.46. The maximum Gasteiger partial charge on any atom is 0.269 e. The molecule has 0 radical (unpaired) electrons. The molecule has 1 N–H and O–H groups in total. The van der Waals surface area contributed by atoms with Crippen LogP contribution in [-0.2, 0) is 6.42 Å². The van der Waals surface area contributed by atoms with Crippen LogP contribution in [0.25, 0.3) is 0 Å². The highest BCUT2D eigenvalue weighted by atomic mass is 16.6. The lowest BCUT2D eigenvalue weighted by atomic mass is 10.2. The summed E-state index contributed by atoms with van der Waals surface area (Å²) in [7, 11) is 1.58. The second kappa shape index (κ2) is 12.1. The smallest absolute Gasteiger partial charge is 0.269 e. The van der Waals surface area contributed by atoms with E-state index >= 15 is 0 Å². The topological polar surface area (TPSA) is 95.2 Å². The summed E-state index contributed by atoms with van der Waals surface area (Å²) in [6.07, 6.45) is 3.38. The summed E-state index contributed by atoms with van der Waals surface area (Å²) in [5.41, 5.74) is 5.61. The monoisotopic (exact) mass is 449 g/mol. The number of hydrogen-bond acceptors (Lipinski definition) is 7. The zero-order valence-electron chi connectivity index (χ0n) is 18.7. The Morgan fingerprint density at radius 3 is 2.36 bits per heavy atom. The molecule has 3 aromatic carbocycles. The number of ether oxygens (including phenoxy) is 3. The van der Waals surface area contributed by atoms with Crippen LogP contribution in [0, 0.1) is 10.1 Å². The van der Waals surface area contributed by atoms with Crippen molar-refractivity contribution < 1.29 is 19.1 Å². The molecule has 0 heterocycles. The predicted molar refractivity (Wildman–Crippen MR) is 129 cm³/mol. The van der Waals surface area contributed by atoms with E-state index in [0.29, 0.717) is 30.4 Å². The normalized spacial score (nSPS) is 10.7. The fourth-order valence-electron chi connectivity index (χ4n) is 2.98. The molecule has 0 aliphatic heterocycles. The molecule has 0 unspecified atom stereocenters. The quantitative estimate of drug-likeness (QED) is 0.171. The molecule has 0 saturated heterocycles. The zero-order valence-corrected chi connectivity index (χ0v) is 18.7. The number of hydrazone groups is 1. The highest BCUT2D eigenvalue weighted by Crippen LogP contribution is 2.27. The van der Waals surface area contributed by atoms with Crippen molar-refractivity contribution in [1.29, 1.82) is 0 Å². The van der Waals surface area contributed by atoms with Gasteiger partial charge in [-0.1, -0.05) is 19.1 Å². The van der Waals surface area contributed by atoms with Gasteiger partial charge in [-0.3, -0.25) is 15.5 Å². The van der Waals surface area contributed by atoms with Gasteiger partial charge in [-0.05, 0) is 60.0 Å². The summed E-state index contributed by atoms with van der Waals surface area (Å²) < 4.78 is 17.0. The van der Waals surface area contributed by atoms with Crippen LogP contribution in [0.5, 0.6) is 17.2 Å². The van der Waals surface area contributed by atoms with Crippen molar-refractivity contribution in [2.75, 3.05) is 25.7 Å². The van der Waals surface area contributed by atoms with Crippen molar-refractivity contribution in [2.24, 2.45) is 5.10 Å². The first-order valence-corrected chi connectivity index (χ1v) is 10.6. The van der Waals surface area contributed by atoms with Crippen LogP contribution in [0.15, 0.2) is 71.8 Å². The number of anilines is 1. The highest BCUT2D eigenvalue weighted by molar-refractivity contribution is 5.81. The third-order valence-corrected chi connectivity index (χ3v) is 4.82. The first kappa shape index (κ1) is 23.6.